The van der Waals surface area contributed by atoms with Gasteiger partial charge in [-0.3, -0.25) is 0 Å². The summed E-state index contributed by atoms with van der Waals surface area (Å²) in [6, 6.07) is 5.48. The van der Waals surface area contributed by atoms with Gasteiger partial charge >= 0.3 is 11.9 Å². The molecule has 6 nitrogen and oxygen atoms in total. The number of carboxylic acid groups (broad SMARTS) is 2. The summed E-state index contributed by atoms with van der Waals surface area (Å²) in [5.74, 6) is -2.46. The van der Waals surface area contributed by atoms with E-state index in [1.54, 1.807) is 0 Å². The standard InChI is InChI=1S/2C12H27N.C8H6O4/c2*1-4-7-10-13(11-8-5-2)12-9-6-3;9-7(10)5-3-1-2-4-6(5)8(11)12/h2*4-12H2,1-3H3;1-4H,(H,9,10)(H,11,12). The van der Waals surface area contributed by atoms with Crippen LogP contribution in [0, 0.1) is 0 Å². The summed E-state index contributed by atoms with van der Waals surface area (Å²) in [5, 5.41) is 17.1. The minimum Gasteiger partial charge on any atom is -0.478 e. The fourth-order valence-corrected chi connectivity index (χ4v) is 3.82. The molecule has 0 atom stereocenters. The first-order valence-electron chi connectivity index (χ1n) is 15.3. The number of aromatic carboxylic acids is 2. The van der Waals surface area contributed by atoms with E-state index in [0.29, 0.717) is 0 Å². The predicted molar refractivity (Wildman–Crippen MR) is 163 cm³/mol. The summed E-state index contributed by atoms with van der Waals surface area (Å²) in [4.78, 5) is 26.2. The van der Waals surface area contributed by atoms with Gasteiger partial charge in [0.05, 0.1) is 11.1 Å². The molecule has 38 heavy (non-hydrogen) atoms. The number of carbonyl (C=O) groups is 2. The maximum atomic E-state index is 10.5. The first kappa shape index (κ1) is 38.2. The van der Waals surface area contributed by atoms with Crippen LogP contribution in [0.2, 0.25) is 0 Å². The monoisotopic (exact) mass is 536 g/mol. The largest absolute Gasteiger partial charge is 0.478 e. The molecule has 2 N–H and O–H groups in total. The van der Waals surface area contributed by atoms with Crippen molar-refractivity contribution < 1.29 is 19.8 Å². The molecule has 0 fully saturated rings. The van der Waals surface area contributed by atoms with E-state index >= 15 is 0 Å². The molecule has 0 unspecified atom stereocenters. The van der Waals surface area contributed by atoms with Gasteiger partial charge in [0.1, 0.15) is 0 Å². The lowest BCUT2D eigenvalue weighted by Crippen LogP contribution is -2.27. The van der Waals surface area contributed by atoms with Crippen molar-refractivity contribution >= 4 is 11.9 Å². The highest BCUT2D eigenvalue weighted by Gasteiger charge is 2.13. The molecule has 0 saturated heterocycles. The number of nitrogens with zero attached hydrogens (tertiary/aromatic N) is 2. The lowest BCUT2D eigenvalue weighted by atomic mass is 10.1. The minimum atomic E-state index is -1.23. The minimum absolute atomic E-state index is 0.190. The Labute approximate surface area is 234 Å². The summed E-state index contributed by atoms with van der Waals surface area (Å²) >= 11 is 0. The van der Waals surface area contributed by atoms with E-state index in [9.17, 15) is 9.59 Å². The Balaban J connectivity index is 0. The van der Waals surface area contributed by atoms with Gasteiger partial charge < -0.3 is 20.0 Å². The molecule has 0 aliphatic carbocycles. The molecule has 0 saturated carbocycles. The van der Waals surface area contributed by atoms with Crippen LogP contribution in [0.15, 0.2) is 24.3 Å². The maximum Gasteiger partial charge on any atom is 0.336 e. The van der Waals surface area contributed by atoms with E-state index < -0.39 is 11.9 Å². The van der Waals surface area contributed by atoms with Crippen LogP contribution in [0.1, 0.15) is 139 Å². The molecule has 0 bridgehead atoms. The highest BCUT2D eigenvalue weighted by Crippen LogP contribution is 2.08. The molecular formula is C32H60N2O4. The molecule has 0 heterocycles. The molecule has 0 amide bonds. The van der Waals surface area contributed by atoms with Crippen LogP contribution < -0.4 is 0 Å². The van der Waals surface area contributed by atoms with Gasteiger partial charge in [-0.25, -0.2) is 9.59 Å². The fraction of sp³-hybridized carbons (Fsp3) is 0.750. The number of hydrogen-bond donors (Lipinski definition) is 2. The SMILES string of the molecule is CCCCN(CCCC)CCCC.CCCCN(CCCC)CCCC.O=C(O)c1ccccc1C(=O)O. The van der Waals surface area contributed by atoms with Crippen molar-refractivity contribution in [3.63, 3.8) is 0 Å². The second-order valence-electron chi connectivity index (χ2n) is 9.96. The smallest absolute Gasteiger partial charge is 0.336 e. The first-order valence-corrected chi connectivity index (χ1v) is 15.3. The fourth-order valence-electron chi connectivity index (χ4n) is 3.82. The van der Waals surface area contributed by atoms with Crippen molar-refractivity contribution in [2.24, 2.45) is 0 Å². The molecule has 0 aliphatic heterocycles. The lowest BCUT2D eigenvalue weighted by molar-refractivity contribution is 0.0651. The number of carboxylic acids is 2. The van der Waals surface area contributed by atoms with Crippen LogP contribution >= 0.6 is 0 Å². The van der Waals surface area contributed by atoms with Crippen molar-refractivity contribution in [1.82, 2.24) is 9.80 Å². The summed E-state index contributed by atoms with van der Waals surface area (Å²) in [5.41, 5.74) is -0.380. The van der Waals surface area contributed by atoms with Gasteiger partial charge in [-0.1, -0.05) is 92.2 Å². The van der Waals surface area contributed by atoms with Gasteiger partial charge in [0, 0.05) is 0 Å². The lowest BCUT2D eigenvalue weighted by Gasteiger charge is -2.21. The van der Waals surface area contributed by atoms with Crippen LogP contribution in [0.5, 0.6) is 0 Å². The summed E-state index contributed by atoms with van der Waals surface area (Å²) in [6.45, 7) is 21.5. The molecule has 6 heteroatoms. The zero-order chi connectivity index (χ0) is 29.0. The Morgan fingerprint density at radius 1 is 0.500 bits per heavy atom. The topological polar surface area (TPSA) is 81.1 Å². The van der Waals surface area contributed by atoms with E-state index in [1.165, 1.54) is 141 Å². The van der Waals surface area contributed by atoms with Gasteiger partial charge in [0.2, 0.25) is 0 Å². The average Bonchev–Trinajstić information content (AvgIpc) is 2.92. The van der Waals surface area contributed by atoms with E-state index in [0.717, 1.165) is 0 Å². The zero-order valence-corrected chi connectivity index (χ0v) is 25.6. The highest BCUT2D eigenvalue weighted by molar-refractivity contribution is 6.01. The Hall–Kier alpha value is -1.92. The summed E-state index contributed by atoms with van der Waals surface area (Å²) in [6.07, 6.45) is 16.2. The quantitative estimate of drug-likeness (QED) is 0.174. The van der Waals surface area contributed by atoms with E-state index in [1.807, 2.05) is 0 Å². The van der Waals surface area contributed by atoms with Gasteiger partial charge in [-0.05, 0) is 89.9 Å². The van der Waals surface area contributed by atoms with Crippen molar-refractivity contribution in [1.29, 1.82) is 0 Å². The zero-order valence-electron chi connectivity index (χ0n) is 25.6. The third-order valence-corrected chi connectivity index (χ3v) is 6.36. The van der Waals surface area contributed by atoms with Crippen LogP contribution in [-0.4, -0.2) is 71.2 Å². The Kier molecular flexibility index (Phi) is 28.3. The predicted octanol–water partition coefficient (Wildman–Crippen LogP) is 8.46. The Morgan fingerprint density at radius 2 is 0.711 bits per heavy atom. The average molecular weight is 537 g/mol. The molecule has 222 valence electrons. The Morgan fingerprint density at radius 3 is 0.868 bits per heavy atom. The van der Waals surface area contributed by atoms with Crippen molar-refractivity contribution in [2.45, 2.75) is 119 Å². The maximum absolute atomic E-state index is 10.5. The number of unbranched alkanes of at least 4 members (excludes halogenated alkanes) is 6. The molecule has 0 aliphatic rings. The van der Waals surface area contributed by atoms with Crippen LogP contribution in [0.4, 0.5) is 0 Å². The van der Waals surface area contributed by atoms with Crippen LogP contribution in [0.3, 0.4) is 0 Å². The molecule has 0 spiro atoms. The Bertz CT molecular complexity index is 586. The van der Waals surface area contributed by atoms with Crippen molar-refractivity contribution in [3.05, 3.63) is 35.4 Å². The van der Waals surface area contributed by atoms with Crippen molar-refractivity contribution in [3.8, 4) is 0 Å². The van der Waals surface area contributed by atoms with E-state index in [2.05, 4.69) is 51.3 Å². The van der Waals surface area contributed by atoms with Gasteiger partial charge in [0.25, 0.3) is 0 Å². The van der Waals surface area contributed by atoms with Crippen molar-refractivity contribution in [2.75, 3.05) is 39.3 Å². The second kappa shape index (κ2) is 28.1. The highest BCUT2D eigenvalue weighted by atomic mass is 16.4. The van der Waals surface area contributed by atoms with Gasteiger partial charge in [-0.15, -0.1) is 0 Å². The van der Waals surface area contributed by atoms with E-state index in [-0.39, 0.29) is 11.1 Å². The molecule has 0 radical (unpaired) electrons. The second-order valence-corrected chi connectivity index (χ2v) is 9.96. The number of benzene rings is 1. The number of hydrogen-bond acceptors (Lipinski definition) is 4. The molecule has 1 rings (SSSR count). The van der Waals surface area contributed by atoms with Crippen LogP contribution in [-0.2, 0) is 0 Å². The third kappa shape index (κ3) is 22.1. The molecule has 1 aromatic rings. The van der Waals surface area contributed by atoms with Gasteiger partial charge in [-0.2, -0.15) is 0 Å². The molecule has 1 aromatic carbocycles. The number of rotatable bonds is 20. The normalized spacial score (nSPS) is 10.5. The van der Waals surface area contributed by atoms with Gasteiger partial charge in [0.15, 0.2) is 0 Å². The summed E-state index contributed by atoms with van der Waals surface area (Å²) in [7, 11) is 0. The summed E-state index contributed by atoms with van der Waals surface area (Å²) < 4.78 is 0. The first-order chi connectivity index (χ1) is 18.3. The third-order valence-electron chi connectivity index (χ3n) is 6.36. The molecular weight excluding hydrogens is 476 g/mol. The molecule has 0 aromatic heterocycles. The van der Waals surface area contributed by atoms with E-state index in [4.69, 9.17) is 10.2 Å². The van der Waals surface area contributed by atoms with Crippen LogP contribution in [0.25, 0.3) is 0 Å².